The summed E-state index contributed by atoms with van der Waals surface area (Å²) in [4.78, 5) is 14.9. The first kappa shape index (κ1) is 13.0. The van der Waals surface area contributed by atoms with Crippen LogP contribution in [0.4, 0.5) is 0 Å². The van der Waals surface area contributed by atoms with Gasteiger partial charge in [-0.3, -0.25) is 4.79 Å². The molecule has 1 N–H and O–H groups in total. The molecule has 0 fully saturated rings. The fourth-order valence-corrected chi connectivity index (χ4v) is 1.62. The second-order valence-electron chi connectivity index (χ2n) is 3.90. The average molecular weight is 241 g/mol. The lowest BCUT2D eigenvalue weighted by Gasteiger charge is -2.14. The molecule has 1 aromatic heterocycles. The lowest BCUT2D eigenvalue weighted by Crippen LogP contribution is -2.27. The van der Waals surface area contributed by atoms with Crippen LogP contribution in [0.25, 0.3) is 0 Å². The summed E-state index contributed by atoms with van der Waals surface area (Å²) in [6, 6.07) is 3.77. The summed E-state index contributed by atoms with van der Waals surface area (Å²) >= 11 is 5.72. The van der Waals surface area contributed by atoms with Crippen molar-refractivity contribution in [1.29, 1.82) is 0 Å². The van der Waals surface area contributed by atoms with Gasteiger partial charge in [-0.05, 0) is 24.0 Å². The van der Waals surface area contributed by atoms with Crippen molar-refractivity contribution in [2.24, 2.45) is 5.92 Å². The Morgan fingerprint density at radius 3 is 2.81 bits per heavy atom. The van der Waals surface area contributed by atoms with E-state index in [9.17, 15) is 4.79 Å². The van der Waals surface area contributed by atoms with Gasteiger partial charge < -0.3 is 5.32 Å². The third-order valence-electron chi connectivity index (χ3n) is 2.53. The zero-order valence-electron chi connectivity index (χ0n) is 9.66. The average Bonchev–Trinajstić information content (AvgIpc) is 2.26. The van der Waals surface area contributed by atoms with Gasteiger partial charge in [-0.1, -0.05) is 31.0 Å². The summed E-state index contributed by atoms with van der Waals surface area (Å²) in [5, 5.41) is 3.36. The molecule has 0 aliphatic carbocycles. The quantitative estimate of drug-likeness (QED) is 0.804. The van der Waals surface area contributed by atoms with Gasteiger partial charge in [0.25, 0.3) is 0 Å². The molecular formula is C12H17ClN2O. The zero-order chi connectivity index (χ0) is 12.0. The molecule has 0 radical (unpaired) electrons. The van der Waals surface area contributed by atoms with Crippen molar-refractivity contribution in [1.82, 2.24) is 10.3 Å². The number of amides is 1. The lowest BCUT2D eigenvalue weighted by atomic mass is 9.98. The van der Waals surface area contributed by atoms with E-state index in [1.165, 1.54) is 6.92 Å². The van der Waals surface area contributed by atoms with Crippen LogP contribution in [-0.2, 0) is 11.2 Å². The molecule has 1 atom stereocenters. The number of nitrogens with zero attached hydrogens (tertiary/aromatic N) is 1. The highest BCUT2D eigenvalue weighted by molar-refractivity contribution is 6.29. The first-order valence-corrected chi connectivity index (χ1v) is 5.84. The Bertz CT molecular complexity index is 337. The molecule has 16 heavy (non-hydrogen) atoms. The maximum Gasteiger partial charge on any atom is 0.216 e. The first-order valence-electron chi connectivity index (χ1n) is 5.46. The number of aromatic nitrogens is 1. The number of halogens is 1. The monoisotopic (exact) mass is 240 g/mol. The zero-order valence-corrected chi connectivity index (χ0v) is 10.4. The molecule has 0 aromatic carbocycles. The Hall–Kier alpha value is -1.09. The second kappa shape index (κ2) is 6.48. The van der Waals surface area contributed by atoms with E-state index in [1.54, 1.807) is 12.3 Å². The van der Waals surface area contributed by atoms with E-state index in [-0.39, 0.29) is 5.91 Å². The molecule has 1 aromatic rings. The topological polar surface area (TPSA) is 42.0 Å². The van der Waals surface area contributed by atoms with Crippen molar-refractivity contribution >= 4 is 17.5 Å². The van der Waals surface area contributed by atoms with Gasteiger partial charge >= 0.3 is 0 Å². The first-order chi connectivity index (χ1) is 7.61. The Kier molecular flexibility index (Phi) is 5.26. The predicted molar refractivity (Wildman–Crippen MR) is 65.4 cm³/mol. The van der Waals surface area contributed by atoms with Gasteiger partial charge in [0, 0.05) is 19.7 Å². The SMILES string of the molecule is CCC(CNC(C)=O)Cc1ccc(Cl)nc1. The van der Waals surface area contributed by atoms with Gasteiger partial charge in [0.2, 0.25) is 5.91 Å². The number of rotatable bonds is 5. The standard InChI is InChI=1S/C12H17ClN2O/c1-3-10(7-14-9(2)16)6-11-4-5-12(13)15-8-11/h4-5,8,10H,3,6-7H2,1-2H3,(H,14,16). The molecule has 1 amide bonds. The number of carbonyl (C=O) groups is 1. The van der Waals surface area contributed by atoms with E-state index < -0.39 is 0 Å². The maximum atomic E-state index is 10.8. The summed E-state index contributed by atoms with van der Waals surface area (Å²) in [6.45, 7) is 4.38. The highest BCUT2D eigenvalue weighted by Gasteiger charge is 2.08. The highest BCUT2D eigenvalue weighted by atomic mass is 35.5. The van der Waals surface area contributed by atoms with Crippen molar-refractivity contribution in [2.75, 3.05) is 6.54 Å². The highest BCUT2D eigenvalue weighted by Crippen LogP contribution is 2.12. The van der Waals surface area contributed by atoms with Gasteiger partial charge in [0.05, 0.1) is 0 Å². The summed E-state index contributed by atoms with van der Waals surface area (Å²) in [7, 11) is 0. The van der Waals surface area contributed by atoms with Crippen molar-refractivity contribution in [3.05, 3.63) is 29.0 Å². The van der Waals surface area contributed by atoms with Crippen LogP contribution in [-0.4, -0.2) is 17.4 Å². The molecule has 0 saturated heterocycles. The van der Waals surface area contributed by atoms with Gasteiger partial charge in [0.1, 0.15) is 5.15 Å². The Balaban J connectivity index is 2.49. The fraction of sp³-hybridized carbons (Fsp3) is 0.500. The van der Waals surface area contributed by atoms with E-state index in [0.717, 1.165) is 18.4 Å². The van der Waals surface area contributed by atoms with Crippen LogP contribution in [0.5, 0.6) is 0 Å². The van der Waals surface area contributed by atoms with Crippen LogP contribution in [0.1, 0.15) is 25.8 Å². The molecule has 0 spiro atoms. The number of hydrogen-bond acceptors (Lipinski definition) is 2. The normalized spacial score (nSPS) is 12.2. The minimum Gasteiger partial charge on any atom is -0.356 e. The minimum atomic E-state index is 0.0210. The van der Waals surface area contributed by atoms with Gasteiger partial charge in [0.15, 0.2) is 0 Å². The third kappa shape index (κ3) is 4.62. The van der Waals surface area contributed by atoms with Crippen LogP contribution >= 0.6 is 11.6 Å². The van der Waals surface area contributed by atoms with E-state index in [1.807, 2.05) is 6.07 Å². The molecule has 0 saturated carbocycles. The van der Waals surface area contributed by atoms with Crippen LogP contribution in [0.3, 0.4) is 0 Å². The second-order valence-corrected chi connectivity index (χ2v) is 4.29. The molecule has 0 bridgehead atoms. The van der Waals surface area contributed by atoms with Gasteiger partial charge in [-0.2, -0.15) is 0 Å². The molecule has 4 heteroatoms. The smallest absolute Gasteiger partial charge is 0.216 e. The summed E-state index contributed by atoms with van der Waals surface area (Å²) in [6.07, 6.45) is 3.74. The Morgan fingerprint density at radius 2 is 2.31 bits per heavy atom. The van der Waals surface area contributed by atoms with Crippen LogP contribution in [0.2, 0.25) is 5.15 Å². The predicted octanol–water partition coefficient (Wildman–Crippen LogP) is 2.44. The van der Waals surface area contributed by atoms with Crippen molar-refractivity contribution in [3.63, 3.8) is 0 Å². The van der Waals surface area contributed by atoms with Gasteiger partial charge in [-0.15, -0.1) is 0 Å². The van der Waals surface area contributed by atoms with Crippen molar-refractivity contribution < 1.29 is 4.79 Å². The maximum absolute atomic E-state index is 10.8. The number of carbonyl (C=O) groups excluding carboxylic acids is 1. The van der Waals surface area contributed by atoms with Crippen LogP contribution in [0, 0.1) is 5.92 Å². The largest absolute Gasteiger partial charge is 0.356 e. The van der Waals surface area contributed by atoms with E-state index in [4.69, 9.17) is 11.6 Å². The number of nitrogens with one attached hydrogen (secondary N) is 1. The third-order valence-corrected chi connectivity index (χ3v) is 2.75. The Morgan fingerprint density at radius 1 is 1.56 bits per heavy atom. The molecule has 1 heterocycles. The molecule has 1 unspecified atom stereocenters. The summed E-state index contributed by atoms with van der Waals surface area (Å²) < 4.78 is 0. The van der Waals surface area contributed by atoms with E-state index in [2.05, 4.69) is 17.2 Å². The summed E-state index contributed by atoms with van der Waals surface area (Å²) in [5.41, 5.74) is 1.15. The molecular weight excluding hydrogens is 224 g/mol. The molecule has 0 aliphatic heterocycles. The van der Waals surface area contributed by atoms with Crippen molar-refractivity contribution in [2.45, 2.75) is 26.7 Å². The molecule has 3 nitrogen and oxygen atoms in total. The Labute approximate surface area is 101 Å². The van der Waals surface area contributed by atoms with Gasteiger partial charge in [-0.25, -0.2) is 4.98 Å². The van der Waals surface area contributed by atoms with Crippen LogP contribution in [0.15, 0.2) is 18.3 Å². The van der Waals surface area contributed by atoms with Crippen LogP contribution < -0.4 is 5.32 Å². The summed E-state index contributed by atoms with van der Waals surface area (Å²) in [5.74, 6) is 0.472. The number of hydrogen-bond donors (Lipinski definition) is 1. The van der Waals surface area contributed by atoms with E-state index >= 15 is 0 Å². The lowest BCUT2D eigenvalue weighted by molar-refractivity contribution is -0.119. The molecule has 1 rings (SSSR count). The molecule has 88 valence electrons. The van der Waals surface area contributed by atoms with Crippen molar-refractivity contribution in [3.8, 4) is 0 Å². The fourth-order valence-electron chi connectivity index (χ4n) is 1.51. The minimum absolute atomic E-state index is 0.0210. The van der Waals surface area contributed by atoms with E-state index in [0.29, 0.717) is 17.6 Å². The molecule has 0 aliphatic rings. The number of pyridine rings is 1.